The van der Waals surface area contributed by atoms with Gasteiger partial charge in [0.05, 0.1) is 11.6 Å². The van der Waals surface area contributed by atoms with Gasteiger partial charge in [-0.05, 0) is 57.1 Å². The van der Waals surface area contributed by atoms with E-state index in [1.165, 1.54) is 38.5 Å². The Hall–Kier alpha value is -3.00. The van der Waals surface area contributed by atoms with E-state index in [2.05, 4.69) is 179 Å². The second-order valence-corrected chi connectivity index (χ2v) is 22.0. The van der Waals surface area contributed by atoms with E-state index in [1.807, 2.05) is 36.4 Å². The van der Waals surface area contributed by atoms with Gasteiger partial charge >= 0.3 is 0 Å². The third-order valence-corrected chi connectivity index (χ3v) is 11.0. The fraction of sp³-hybridized carbons (Fsp3) is 0.636. The van der Waals surface area contributed by atoms with Crippen LogP contribution in [-0.4, -0.2) is 51.7 Å². The highest BCUT2D eigenvalue weighted by Crippen LogP contribution is 2.25. The van der Waals surface area contributed by atoms with E-state index in [1.54, 1.807) is 35.4 Å². The van der Waals surface area contributed by atoms with Crippen LogP contribution in [-0.2, 0) is 27.1 Å². The lowest BCUT2D eigenvalue weighted by molar-refractivity contribution is 0.552. The number of hydrogen-bond donors (Lipinski definition) is 1. The largest absolute Gasteiger partial charge is 0.348 e. The van der Waals surface area contributed by atoms with Gasteiger partial charge in [-0.1, -0.05) is 147 Å². The third kappa shape index (κ3) is 24.5. The molecular weight excluding hydrogens is 783 g/mol. The predicted octanol–water partition coefficient (Wildman–Crippen LogP) is 14.3. The van der Waals surface area contributed by atoms with Crippen molar-refractivity contribution in [3.63, 3.8) is 0 Å². The molecule has 5 aromatic rings. The maximum absolute atomic E-state index is 4.21. The summed E-state index contributed by atoms with van der Waals surface area (Å²) in [7, 11) is 0. The van der Waals surface area contributed by atoms with Crippen LogP contribution >= 0.6 is 45.9 Å². The summed E-state index contributed by atoms with van der Waals surface area (Å²) >= 11 is 6.28. The molecule has 0 amide bonds. The minimum absolute atomic E-state index is 0. The van der Waals surface area contributed by atoms with Crippen molar-refractivity contribution in [1.82, 2.24) is 33.1 Å². The maximum Gasteiger partial charge on any atom is 0.129 e. The smallest absolute Gasteiger partial charge is 0.129 e. The van der Waals surface area contributed by atoms with Crippen LogP contribution in [0.4, 0.5) is 0 Å². The van der Waals surface area contributed by atoms with Crippen LogP contribution in [0.15, 0.2) is 64.1 Å². The Labute approximate surface area is 365 Å². The van der Waals surface area contributed by atoms with Crippen molar-refractivity contribution >= 4 is 58.0 Å². The van der Waals surface area contributed by atoms with Crippen LogP contribution in [0, 0.1) is 5.41 Å². The maximum atomic E-state index is 4.21. The van der Waals surface area contributed by atoms with Crippen molar-refractivity contribution < 1.29 is 0 Å². The molecular formula is C44H79N9S4. The molecule has 6 rings (SSSR count). The van der Waals surface area contributed by atoms with Gasteiger partial charge in [0.25, 0.3) is 0 Å². The first-order valence-corrected chi connectivity index (χ1v) is 21.4. The van der Waals surface area contributed by atoms with Crippen molar-refractivity contribution in [1.29, 1.82) is 0 Å². The van der Waals surface area contributed by atoms with Crippen molar-refractivity contribution in [2.45, 2.75) is 174 Å². The van der Waals surface area contributed by atoms with E-state index < -0.39 is 0 Å². The number of H-pyrrole nitrogens is 1. The minimum Gasteiger partial charge on any atom is -0.348 e. The molecule has 13 heteroatoms. The molecule has 1 N–H and O–H groups in total. The Morgan fingerprint density at radius 1 is 0.579 bits per heavy atom. The van der Waals surface area contributed by atoms with Crippen molar-refractivity contribution in [2.75, 3.05) is 6.54 Å². The number of rotatable bonds is 0. The van der Waals surface area contributed by atoms with Gasteiger partial charge < -0.3 is 4.98 Å². The molecule has 57 heavy (non-hydrogen) atoms. The molecule has 0 spiro atoms. The highest BCUT2D eigenvalue weighted by molar-refractivity contribution is 7.09. The molecule has 0 unspecified atom stereocenters. The molecule has 0 fully saturated rings. The molecule has 0 saturated heterocycles. The molecule has 0 aliphatic carbocycles. The number of amidine groups is 1. The normalized spacial score (nSPS) is 12.3. The first kappa shape index (κ1) is 58.3. The standard InChI is InChI=1S/2C7H12N2.3C7H11NS.C6H10N2S.3CH4/c2*1-7(2,3)6-8-4-5-9-6;1-7(2,3)6-4-8-9-5-6;1-7(2,3)6-8-4-5-9-6;1-7(2,3)6-4-5-8-9-6;1-6(2,3)5-7-4-8-9-5;;;/h4H,5H2,1-3H3;4-5H,1-3H3,(H,8,9);3*4-5H,1-3H3;4H,1-3H3;3*1H4. The molecule has 324 valence electrons. The highest BCUT2D eigenvalue weighted by atomic mass is 32.1. The number of aliphatic imine (C=N–C) groups is 2. The van der Waals surface area contributed by atoms with Crippen LogP contribution in [0.2, 0.25) is 0 Å². The van der Waals surface area contributed by atoms with E-state index in [9.17, 15) is 0 Å². The van der Waals surface area contributed by atoms with Crippen LogP contribution in [0.1, 0.15) is 173 Å². The average molecular weight is 862 g/mol. The number of aromatic amines is 1. The highest BCUT2D eigenvalue weighted by Gasteiger charge is 2.20. The van der Waals surface area contributed by atoms with Gasteiger partial charge in [0, 0.05) is 74.5 Å². The molecule has 6 heterocycles. The Bertz CT molecular complexity index is 1440. The molecule has 1 aliphatic heterocycles. The van der Waals surface area contributed by atoms with Gasteiger partial charge in [0.15, 0.2) is 0 Å². The Morgan fingerprint density at radius 3 is 1.40 bits per heavy atom. The lowest BCUT2D eigenvalue weighted by atomic mass is 9.90. The summed E-state index contributed by atoms with van der Waals surface area (Å²) in [6.45, 7) is 39.6. The van der Waals surface area contributed by atoms with Gasteiger partial charge in [0.1, 0.15) is 23.0 Å². The summed E-state index contributed by atoms with van der Waals surface area (Å²) in [4.78, 5) is 25.2. The van der Waals surface area contributed by atoms with Crippen LogP contribution in [0.3, 0.4) is 0 Å². The first-order valence-electron chi connectivity index (χ1n) is 18.2. The zero-order valence-corrected chi connectivity index (χ0v) is 39.5. The summed E-state index contributed by atoms with van der Waals surface area (Å²) in [5.74, 6) is 2.02. The summed E-state index contributed by atoms with van der Waals surface area (Å²) < 4.78 is 12.0. The number of thiazole rings is 1. The quantitative estimate of drug-likeness (QED) is 0.166. The van der Waals surface area contributed by atoms with E-state index in [0.717, 1.165) is 23.2 Å². The molecule has 9 nitrogen and oxygen atoms in total. The van der Waals surface area contributed by atoms with Crippen molar-refractivity contribution in [2.24, 2.45) is 15.4 Å². The zero-order chi connectivity index (χ0) is 41.4. The minimum atomic E-state index is 0. The zero-order valence-electron chi connectivity index (χ0n) is 36.2. The monoisotopic (exact) mass is 862 g/mol. The number of nitrogens with zero attached hydrogens (tertiary/aromatic N) is 8. The molecule has 0 aromatic carbocycles. The van der Waals surface area contributed by atoms with Crippen molar-refractivity contribution in [3.05, 3.63) is 80.4 Å². The Morgan fingerprint density at radius 2 is 1.19 bits per heavy atom. The first-order chi connectivity index (χ1) is 24.6. The van der Waals surface area contributed by atoms with Gasteiger partial charge in [0.2, 0.25) is 0 Å². The van der Waals surface area contributed by atoms with Gasteiger partial charge in [-0.3, -0.25) is 4.99 Å². The molecule has 0 saturated carbocycles. The third-order valence-electron chi connectivity index (χ3n) is 6.97. The van der Waals surface area contributed by atoms with Crippen molar-refractivity contribution in [3.8, 4) is 0 Å². The predicted molar refractivity (Wildman–Crippen MR) is 259 cm³/mol. The second-order valence-electron chi connectivity index (χ2n) is 18.8. The Kier molecular flexibility index (Phi) is 26.1. The van der Waals surface area contributed by atoms with Crippen LogP contribution < -0.4 is 0 Å². The fourth-order valence-corrected chi connectivity index (χ4v) is 6.36. The Balaban J connectivity index is -0.000000607. The summed E-state index contributed by atoms with van der Waals surface area (Å²) in [5, 5.41) is 6.42. The van der Waals surface area contributed by atoms with E-state index in [4.69, 9.17) is 0 Å². The number of hydrogen-bond acceptors (Lipinski definition) is 12. The lowest BCUT2D eigenvalue weighted by Crippen LogP contribution is -2.16. The van der Waals surface area contributed by atoms with Gasteiger partial charge in [-0.15, -0.1) is 11.3 Å². The number of imidazole rings is 1. The number of nitrogens with one attached hydrogen (secondary N) is 1. The average Bonchev–Trinajstić information content (AvgIpc) is 3.89. The molecule has 0 radical (unpaired) electrons. The second kappa shape index (κ2) is 25.5. The summed E-state index contributed by atoms with van der Waals surface area (Å²) in [6, 6.07) is 2.07. The SMILES string of the molecule is C.C.C.CC(C)(C)C1=NCC=N1.CC(C)(C)c1ccns1.CC(C)(C)c1cnsc1.CC(C)(C)c1ncc[nH]1.CC(C)(C)c1nccs1.CC(C)(C)c1ncns1. The van der Waals surface area contributed by atoms with E-state index in [0.29, 0.717) is 0 Å². The van der Waals surface area contributed by atoms with Gasteiger partial charge in [-0.25, -0.2) is 28.7 Å². The number of aromatic nitrogens is 7. The topological polar surface area (TPSA) is 118 Å². The summed E-state index contributed by atoms with van der Waals surface area (Å²) in [6.07, 6.45) is 12.7. The lowest BCUT2D eigenvalue weighted by Gasteiger charge is -2.14. The fourth-order valence-electron chi connectivity index (χ4n) is 3.68. The van der Waals surface area contributed by atoms with Crippen LogP contribution in [0.25, 0.3) is 0 Å². The van der Waals surface area contributed by atoms with E-state index >= 15 is 0 Å². The van der Waals surface area contributed by atoms with E-state index in [-0.39, 0.29) is 54.8 Å². The molecule has 5 aromatic heterocycles. The molecule has 1 aliphatic rings. The molecule has 0 bridgehead atoms. The van der Waals surface area contributed by atoms with Gasteiger partial charge in [-0.2, -0.15) is 4.37 Å². The molecule has 0 atom stereocenters. The summed E-state index contributed by atoms with van der Waals surface area (Å²) in [5.41, 5.74) is 2.56. The van der Waals surface area contributed by atoms with Crippen LogP contribution in [0.5, 0.6) is 0 Å².